The second-order valence-electron chi connectivity index (χ2n) is 5.25. The van der Waals surface area contributed by atoms with Gasteiger partial charge in [0.1, 0.15) is 5.75 Å². The maximum atomic E-state index is 12.3. The molecule has 0 saturated carbocycles. The zero-order valence-corrected chi connectivity index (χ0v) is 13.1. The molecule has 0 aliphatic rings. The Kier molecular flexibility index (Phi) is 5.02. The van der Waals surface area contributed by atoms with Crippen LogP contribution in [0.3, 0.4) is 0 Å². The molecule has 112 valence electrons. The summed E-state index contributed by atoms with van der Waals surface area (Å²) in [5, 5.41) is 0. The summed E-state index contributed by atoms with van der Waals surface area (Å²) in [6, 6.07) is 16.4. The van der Waals surface area contributed by atoms with E-state index in [4.69, 9.17) is 4.74 Å². The average Bonchev–Trinajstić information content (AvgIpc) is 2.48. The minimum absolute atomic E-state index is 0.0589. The maximum Gasteiger partial charge on any atom is 0.178 e. The molecule has 4 heteroatoms. The van der Waals surface area contributed by atoms with Gasteiger partial charge in [-0.25, -0.2) is 8.42 Å². The highest BCUT2D eigenvalue weighted by Crippen LogP contribution is 2.18. The molecule has 0 aromatic heterocycles. The van der Waals surface area contributed by atoms with Crippen LogP contribution in [0.5, 0.6) is 5.75 Å². The van der Waals surface area contributed by atoms with Crippen LogP contribution in [0, 0.1) is 5.92 Å². The first-order valence-electron chi connectivity index (χ1n) is 6.92. The van der Waals surface area contributed by atoms with Crippen molar-refractivity contribution in [3.8, 4) is 5.75 Å². The molecule has 2 rings (SSSR count). The van der Waals surface area contributed by atoms with E-state index in [9.17, 15) is 8.42 Å². The molecule has 0 aliphatic heterocycles. The van der Waals surface area contributed by atoms with E-state index in [0.717, 1.165) is 17.7 Å². The number of rotatable bonds is 6. The minimum Gasteiger partial charge on any atom is -0.497 e. The van der Waals surface area contributed by atoms with Gasteiger partial charge in [0.15, 0.2) is 9.84 Å². The summed E-state index contributed by atoms with van der Waals surface area (Å²) >= 11 is 0. The van der Waals surface area contributed by atoms with E-state index < -0.39 is 9.84 Å². The summed E-state index contributed by atoms with van der Waals surface area (Å²) in [5.74, 6) is 1.02. The van der Waals surface area contributed by atoms with Crippen LogP contribution in [0.1, 0.15) is 12.5 Å². The van der Waals surface area contributed by atoms with Gasteiger partial charge in [0.25, 0.3) is 0 Å². The maximum absolute atomic E-state index is 12.3. The second-order valence-corrected chi connectivity index (χ2v) is 7.29. The van der Waals surface area contributed by atoms with E-state index in [0.29, 0.717) is 4.90 Å². The van der Waals surface area contributed by atoms with E-state index in [1.165, 1.54) is 0 Å². The van der Waals surface area contributed by atoms with Crippen LogP contribution >= 0.6 is 0 Å². The van der Waals surface area contributed by atoms with Crippen LogP contribution in [0.4, 0.5) is 0 Å². The monoisotopic (exact) mass is 304 g/mol. The molecule has 3 nitrogen and oxygen atoms in total. The third-order valence-corrected chi connectivity index (χ3v) is 5.35. The Morgan fingerprint density at radius 1 is 1.00 bits per heavy atom. The van der Waals surface area contributed by atoms with E-state index in [1.54, 1.807) is 31.4 Å². The number of hydrogen-bond donors (Lipinski definition) is 0. The van der Waals surface area contributed by atoms with E-state index >= 15 is 0 Å². The summed E-state index contributed by atoms with van der Waals surface area (Å²) in [6.07, 6.45) is 0.732. The Morgan fingerprint density at radius 2 is 1.62 bits per heavy atom. The van der Waals surface area contributed by atoms with Crippen molar-refractivity contribution in [2.75, 3.05) is 12.9 Å². The van der Waals surface area contributed by atoms with Crippen LogP contribution in [0.2, 0.25) is 0 Å². The second kappa shape index (κ2) is 6.76. The molecule has 0 fully saturated rings. The lowest BCUT2D eigenvalue weighted by Gasteiger charge is -2.12. The fourth-order valence-corrected chi connectivity index (χ4v) is 3.95. The molecule has 21 heavy (non-hydrogen) atoms. The number of methoxy groups -OCH3 is 1. The largest absolute Gasteiger partial charge is 0.497 e. The molecule has 0 radical (unpaired) electrons. The molecule has 0 amide bonds. The predicted octanol–water partition coefficient (Wildman–Crippen LogP) is 3.35. The standard InChI is InChI=1S/C17H20O3S/c1-14(12-15-8-10-16(20-2)11-9-15)13-21(18,19)17-6-4-3-5-7-17/h3-11,14H,12-13H2,1-2H3/t14-/m0/s1. The highest BCUT2D eigenvalue weighted by molar-refractivity contribution is 7.91. The number of sulfone groups is 1. The van der Waals surface area contributed by atoms with Crippen molar-refractivity contribution in [1.82, 2.24) is 0 Å². The third kappa shape index (κ3) is 4.33. The van der Waals surface area contributed by atoms with Crippen LogP contribution in [0.25, 0.3) is 0 Å². The topological polar surface area (TPSA) is 43.4 Å². The van der Waals surface area contributed by atoms with Gasteiger partial charge < -0.3 is 4.74 Å². The molecule has 0 spiro atoms. The van der Waals surface area contributed by atoms with Crippen molar-refractivity contribution in [1.29, 1.82) is 0 Å². The van der Waals surface area contributed by atoms with Gasteiger partial charge in [0.2, 0.25) is 0 Å². The lowest BCUT2D eigenvalue weighted by Crippen LogP contribution is -2.16. The Morgan fingerprint density at radius 3 is 2.19 bits per heavy atom. The van der Waals surface area contributed by atoms with Gasteiger partial charge in [-0.2, -0.15) is 0 Å². The van der Waals surface area contributed by atoms with Crippen molar-refractivity contribution >= 4 is 9.84 Å². The normalized spacial score (nSPS) is 12.9. The first kappa shape index (κ1) is 15.6. The molecule has 0 aliphatic carbocycles. The van der Waals surface area contributed by atoms with E-state index in [1.807, 2.05) is 37.3 Å². The van der Waals surface area contributed by atoms with Crippen LogP contribution in [0.15, 0.2) is 59.5 Å². The van der Waals surface area contributed by atoms with E-state index in [2.05, 4.69) is 0 Å². The van der Waals surface area contributed by atoms with Crippen LogP contribution in [-0.2, 0) is 16.3 Å². The van der Waals surface area contributed by atoms with E-state index in [-0.39, 0.29) is 11.7 Å². The molecule has 2 aromatic rings. The van der Waals surface area contributed by atoms with Gasteiger partial charge in [-0.05, 0) is 42.2 Å². The number of benzene rings is 2. The van der Waals surface area contributed by atoms with Gasteiger partial charge in [-0.3, -0.25) is 0 Å². The first-order chi connectivity index (χ1) is 10.0. The molecule has 0 N–H and O–H groups in total. The Hall–Kier alpha value is -1.81. The summed E-state index contributed by atoms with van der Waals surface area (Å²) in [6.45, 7) is 1.96. The molecule has 0 heterocycles. The van der Waals surface area contributed by atoms with Gasteiger partial charge in [0, 0.05) is 0 Å². The Bertz CT molecular complexity index is 661. The SMILES string of the molecule is COc1ccc(C[C@H](C)CS(=O)(=O)c2ccccc2)cc1. The van der Waals surface area contributed by atoms with Crippen LogP contribution < -0.4 is 4.74 Å². The predicted molar refractivity (Wildman–Crippen MR) is 84.4 cm³/mol. The van der Waals surface area contributed by atoms with Crippen molar-refractivity contribution in [3.63, 3.8) is 0 Å². The van der Waals surface area contributed by atoms with Crippen LogP contribution in [-0.4, -0.2) is 21.3 Å². The molecule has 2 aromatic carbocycles. The quantitative estimate of drug-likeness (QED) is 0.822. The van der Waals surface area contributed by atoms with Crippen molar-refractivity contribution < 1.29 is 13.2 Å². The zero-order valence-electron chi connectivity index (χ0n) is 12.3. The molecular weight excluding hydrogens is 284 g/mol. The summed E-state index contributed by atoms with van der Waals surface area (Å²) in [4.78, 5) is 0.395. The molecular formula is C17H20O3S. The number of ether oxygens (including phenoxy) is 1. The first-order valence-corrected chi connectivity index (χ1v) is 8.57. The highest BCUT2D eigenvalue weighted by Gasteiger charge is 2.18. The van der Waals surface area contributed by atoms with Gasteiger partial charge in [0.05, 0.1) is 17.8 Å². The fraction of sp³-hybridized carbons (Fsp3) is 0.294. The number of hydrogen-bond acceptors (Lipinski definition) is 3. The van der Waals surface area contributed by atoms with Crippen molar-refractivity contribution in [3.05, 3.63) is 60.2 Å². The highest BCUT2D eigenvalue weighted by atomic mass is 32.2. The third-order valence-electron chi connectivity index (χ3n) is 3.35. The minimum atomic E-state index is -3.22. The lowest BCUT2D eigenvalue weighted by atomic mass is 10.0. The fourth-order valence-electron chi connectivity index (χ4n) is 2.32. The summed E-state index contributed by atoms with van der Waals surface area (Å²) in [5.41, 5.74) is 1.12. The van der Waals surface area contributed by atoms with Gasteiger partial charge >= 0.3 is 0 Å². The van der Waals surface area contributed by atoms with Crippen molar-refractivity contribution in [2.45, 2.75) is 18.2 Å². The molecule has 0 unspecified atom stereocenters. The summed E-state index contributed by atoms with van der Waals surface area (Å²) in [7, 11) is -1.59. The van der Waals surface area contributed by atoms with Gasteiger partial charge in [-0.15, -0.1) is 0 Å². The lowest BCUT2D eigenvalue weighted by molar-refractivity contribution is 0.414. The zero-order chi connectivity index (χ0) is 15.3. The van der Waals surface area contributed by atoms with Gasteiger partial charge in [-0.1, -0.05) is 37.3 Å². The molecule has 0 saturated heterocycles. The molecule has 1 atom stereocenters. The summed E-state index contributed by atoms with van der Waals surface area (Å²) < 4.78 is 29.7. The van der Waals surface area contributed by atoms with Crippen molar-refractivity contribution in [2.24, 2.45) is 5.92 Å². The molecule has 0 bridgehead atoms. The smallest absolute Gasteiger partial charge is 0.178 e. The average molecular weight is 304 g/mol. The Balaban J connectivity index is 2.02. The Labute approximate surface area is 126 Å².